The first-order valence-corrected chi connectivity index (χ1v) is 7.56. The fraction of sp³-hybridized carbons (Fsp3) is 1.00. The minimum absolute atomic E-state index is 0.635. The standard InChI is InChI=1S/C12H26N2S/c1-11(2)13-9-12-5-7-14(10-12)6-4-8-15-3/h11-13H,4-10H2,1-3H3. The quantitative estimate of drug-likeness (QED) is 0.674. The van der Waals surface area contributed by atoms with Crippen molar-refractivity contribution in [3.8, 4) is 0 Å². The average molecular weight is 230 g/mol. The maximum absolute atomic E-state index is 3.54. The molecule has 1 saturated heterocycles. The van der Waals surface area contributed by atoms with E-state index in [1.54, 1.807) is 0 Å². The van der Waals surface area contributed by atoms with E-state index < -0.39 is 0 Å². The first-order valence-electron chi connectivity index (χ1n) is 6.17. The molecule has 0 aromatic carbocycles. The Labute approximate surface area is 99.2 Å². The molecule has 0 aliphatic carbocycles. The molecule has 3 heteroatoms. The molecule has 0 radical (unpaired) electrons. The molecule has 0 spiro atoms. The van der Waals surface area contributed by atoms with Gasteiger partial charge in [-0.3, -0.25) is 0 Å². The molecule has 0 aromatic rings. The Balaban J connectivity index is 2.04. The van der Waals surface area contributed by atoms with Gasteiger partial charge in [0.25, 0.3) is 0 Å². The second-order valence-corrected chi connectivity index (χ2v) is 5.85. The fourth-order valence-corrected chi connectivity index (χ4v) is 2.54. The molecule has 1 unspecified atom stereocenters. The zero-order valence-corrected chi connectivity index (χ0v) is 11.3. The molecule has 15 heavy (non-hydrogen) atoms. The van der Waals surface area contributed by atoms with Crippen molar-refractivity contribution in [3.63, 3.8) is 0 Å². The van der Waals surface area contributed by atoms with E-state index in [0.29, 0.717) is 6.04 Å². The van der Waals surface area contributed by atoms with Crippen molar-refractivity contribution >= 4 is 11.8 Å². The van der Waals surface area contributed by atoms with Gasteiger partial charge in [0.1, 0.15) is 0 Å². The molecule has 1 aliphatic rings. The minimum Gasteiger partial charge on any atom is -0.314 e. The third kappa shape index (κ3) is 5.79. The third-order valence-electron chi connectivity index (χ3n) is 3.01. The lowest BCUT2D eigenvalue weighted by Gasteiger charge is -2.16. The van der Waals surface area contributed by atoms with E-state index in [-0.39, 0.29) is 0 Å². The zero-order valence-electron chi connectivity index (χ0n) is 10.5. The molecule has 1 atom stereocenters. The van der Waals surface area contributed by atoms with Gasteiger partial charge in [0, 0.05) is 12.6 Å². The van der Waals surface area contributed by atoms with Gasteiger partial charge in [-0.25, -0.2) is 0 Å². The van der Waals surface area contributed by atoms with Crippen LogP contribution in [-0.2, 0) is 0 Å². The topological polar surface area (TPSA) is 15.3 Å². The van der Waals surface area contributed by atoms with E-state index >= 15 is 0 Å². The van der Waals surface area contributed by atoms with Crippen LogP contribution in [-0.4, -0.2) is 49.1 Å². The molecular weight excluding hydrogens is 204 g/mol. The molecule has 2 nitrogen and oxygen atoms in total. The van der Waals surface area contributed by atoms with Crippen LogP contribution in [0.3, 0.4) is 0 Å². The highest BCUT2D eigenvalue weighted by Crippen LogP contribution is 2.15. The Morgan fingerprint density at radius 1 is 1.47 bits per heavy atom. The number of likely N-dealkylation sites (tertiary alicyclic amines) is 1. The summed E-state index contributed by atoms with van der Waals surface area (Å²) in [6.45, 7) is 9.60. The van der Waals surface area contributed by atoms with Crippen molar-refractivity contribution in [1.29, 1.82) is 0 Å². The lowest BCUT2D eigenvalue weighted by atomic mass is 10.1. The predicted octanol–water partition coefficient (Wildman–Crippen LogP) is 2.06. The van der Waals surface area contributed by atoms with E-state index in [1.807, 2.05) is 11.8 Å². The molecule has 1 fully saturated rings. The highest BCUT2D eigenvalue weighted by molar-refractivity contribution is 7.98. The summed E-state index contributed by atoms with van der Waals surface area (Å²) < 4.78 is 0. The molecule has 0 aromatic heterocycles. The van der Waals surface area contributed by atoms with E-state index in [9.17, 15) is 0 Å². The third-order valence-corrected chi connectivity index (χ3v) is 3.70. The SMILES string of the molecule is CSCCCN1CCC(CNC(C)C)C1. The van der Waals surface area contributed by atoms with E-state index in [4.69, 9.17) is 0 Å². The van der Waals surface area contributed by atoms with Crippen LogP contribution < -0.4 is 5.32 Å². The molecular formula is C12H26N2S. The van der Waals surface area contributed by atoms with Gasteiger partial charge in [0.2, 0.25) is 0 Å². The average Bonchev–Trinajstić information content (AvgIpc) is 2.63. The highest BCUT2D eigenvalue weighted by atomic mass is 32.2. The molecule has 90 valence electrons. The van der Waals surface area contributed by atoms with E-state index in [0.717, 1.165) is 5.92 Å². The normalized spacial score (nSPS) is 22.8. The Hall–Kier alpha value is 0.270. The van der Waals surface area contributed by atoms with Crippen molar-refractivity contribution in [1.82, 2.24) is 10.2 Å². The number of rotatable bonds is 7. The van der Waals surface area contributed by atoms with Crippen LogP contribution >= 0.6 is 11.8 Å². The monoisotopic (exact) mass is 230 g/mol. The van der Waals surface area contributed by atoms with Crippen LogP contribution in [0, 0.1) is 5.92 Å². The molecule has 0 saturated carbocycles. The molecule has 1 N–H and O–H groups in total. The summed E-state index contributed by atoms with van der Waals surface area (Å²) in [4.78, 5) is 2.63. The Kier molecular flexibility index (Phi) is 6.69. The van der Waals surface area contributed by atoms with Gasteiger partial charge in [-0.05, 0) is 50.4 Å². The lowest BCUT2D eigenvalue weighted by Crippen LogP contribution is -2.31. The van der Waals surface area contributed by atoms with E-state index in [2.05, 4.69) is 30.3 Å². The van der Waals surface area contributed by atoms with Gasteiger partial charge < -0.3 is 10.2 Å². The van der Waals surface area contributed by atoms with Crippen molar-refractivity contribution in [2.75, 3.05) is 38.2 Å². The van der Waals surface area contributed by atoms with Gasteiger partial charge in [0.15, 0.2) is 0 Å². The number of nitrogens with zero attached hydrogens (tertiary/aromatic N) is 1. The van der Waals surface area contributed by atoms with Crippen molar-refractivity contribution < 1.29 is 0 Å². The Morgan fingerprint density at radius 2 is 2.27 bits per heavy atom. The van der Waals surface area contributed by atoms with Crippen LogP contribution in [0.25, 0.3) is 0 Å². The van der Waals surface area contributed by atoms with Gasteiger partial charge in [-0.1, -0.05) is 13.8 Å². The summed E-state index contributed by atoms with van der Waals surface area (Å²) in [6, 6.07) is 0.635. The summed E-state index contributed by atoms with van der Waals surface area (Å²) in [6.07, 6.45) is 4.93. The van der Waals surface area contributed by atoms with Crippen molar-refractivity contribution in [2.24, 2.45) is 5.92 Å². The molecule has 0 amide bonds. The summed E-state index contributed by atoms with van der Waals surface area (Å²) in [5, 5.41) is 3.54. The number of hydrogen-bond acceptors (Lipinski definition) is 3. The van der Waals surface area contributed by atoms with Gasteiger partial charge in [0.05, 0.1) is 0 Å². The summed E-state index contributed by atoms with van der Waals surface area (Å²) in [5.41, 5.74) is 0. The minimum atomic E-state index is 0.635. The van der Waals surface area contributed by atoms with Crippen LogP contribution in [0.1, 0.15) is 26.7 Å². The number of nitrogens with one attached hydrogen (secondary N) is 1. The summed E-state index contributed by atoms with van der Waals surface area (Å²) in [7, 11) is 0. The van der Waals surface area contributed by atoms with E-state index in [1.165, 1.54) is 44.8 Å². The molecule has 1 rings (SSSR count). The number of hydrogen-bond donors (Lipinski definition) is 1. The first kappa shape index (κ1) is 13.3. The maximum Gasteiger partial charge on any atom is 0.00223 e. The number of thioether (sulfide) groups is 1. The second kappa shape index (κ2) is 7.53. The molecule has 1 aliphatic heterocycles. The van der Waals surface area contributed by atoms with Crippen LogP contribution in [0.15, 0.2) is 0 Å². The Morgan fingerprint density at radius 3 is 2.93 bits per heavy atom. The van der Waals surface area contributed by atoms with Crippen LogP contribution in [0.5, 0.6) is 0 Å². The van der Waals surface area contributed by atoms with Crippen molar-refractivity contribution in [3.05, 3.63) is 0 Å². The zero-order chi connectivity index (χ0) is 11.1. The van der Waals surface area contributed by atoms with Gasteiger partial charge in [-0.15, -0.1) is 0 Å². The smallest absolute Gasteiger partial charge is 0.00223 e. The summed E-state index contributed by atoms with van der Waals surface area (Å²) in [5.74, 6) is 2.20. The van der Waals surface area contributed by atoms with Crippen LogP contribution in [0.2, 0.25) is 0 Å². The largest absolute Gasteiger partial charge is 0.314 e. The molecule has 0 bridgehead atoms. The predicted molar refractivity (Wildman–Crippen MR) is 70.7 cm³/mol. The molecule has 1 heterocycles. The van der Waals surface area contributed by atoms with Gasteiger partial charge >= 0.3 is 0 Å². The maximum atomic E-state index is 3.54. The summed E-state index contributed by atoms with van der Waals surface area (Å²) >= 11 is 1.96. The van der Waals surface area contributed by atoms with Gasteiger partial charge in [-0.2, -0.15) is 11.8 Å². The fourth-order valence-electron chi connectivity index (χ4n) is 2.12. The highest BCUT2D eigenvalue weighted by Gasteiger charge is 2.21. The van der Waals surface area contributed by atoms with Crippen LogP contribution in [0.4, 0.5) is 0 Å². The second-order valence-electron chi connectivity index (χ2n) is 4.86. The lowest BCUT2D eigenvalue weighted by molar-refractivity contribution is 0.321. The van der Waals surface area contributed by atoms with Crippen molar-refractivity contribution in [2.45, 2.75) is 32.7 Å². The Bertz CT molecular complexity index is 162. The first-order chi connectivity index (χ1) is 7.22.